The average Bonchev–Trinajstić information content (AvgIpc) is 3.01. The summed E-state index contributed by atoms with van der Waals surface area (Å²) in [6.07, 6.45) is 1.72. The van der Waals surface area contributed by atoms with E-state index in [1.54, 1.807) is 6.07 Å². The van der Waals surface area contributed by atoms with Gasteiger partial charge in [0.2, 0.25) is 0 Å². The summed E-state index contributed by atoms with van der Waals surface area (Å²) in [5.74, 6) is 0.431. The molecular weight excluding hydrogens is 238 g/mol. The summed E-state index contributed by atoms with van der Waals surface area (Å²) in [6, 6.07) is 3.45. The number of rotatable bonds is 5. The zero-order valence-corrected chi connectivity index (χ0v) is 10.2. The fourth-order valence-corrected chi connectivity index (χ4v) is 2.14. The second-order valence-electron chi connectivity index (χ2n) is 3.56. The number of aromatic amines is 1. The van der Waals surface area contributed by atoms with Gasteiger partial charge >= 0.3 is 0 Å². The normalized spacial score (nSPS) is 12.3. The fraction of sp³-hybridized carbons (Fsp3) is 0.400. The van der Waals surface area contributed by atoms with Gasteiger partial charge in [-0.1, -0.05) is 24.6 Å². The van der Waals surface area contributed by atoms with Crippen molar-refractivity contribution in [2.45, 2.75) is 25.8 Å². The Morgan fingerprint density at radius 3 is 3.12 bits per heavy atom. The van der Waals surface area contributed by atoms with E-state index in [1.165, 1.54) is 11.3 Å². The molecule has 1 atom stereocenters. The van der Waals surface area contributed by atoms with Crippen LogP contribution in [0.3, 0.4) is 0 Å². The van der Waals surface area contributed by atoms with Crippen LogP contribution < -0.4 is 5.32 Å². The predicted octanol–water partition coefficient (Wildman–Crippen LogP) is 1.53. The molecule has 0 unspecified atom stereocenters. The summed E-state index contributed by atoms with van der Waals surface area (Å²) in [5, 5.41) is 18.5. The minimum absolute atomic E-state index is 0.0942. The summed E-state index contributed by atoms with van der Waals surface area (Å²) in [5.41, 5.74) is 0. The number of hydrogen-bond donors (Lipinski definition) is 2. The molecule has 0 aliphatic carbocycles. The lowest BCUT2D eigenvalue weighted by molar-refractivity contribution is 0.0936. The fourth-order valence-electron chi connectivity index (χ4n) is 1.51. The molecule has 17 heavy (non-hydrogen) atoms. The molecule has 0 spiro atoms. The highest BCUT2D eigenvalue weighted by atomic mass is 32.1. The maximum absolute atomic E-state index is 11.9. The second-order valence-corrected chi connectivity index (χ2v) is 4.51. The van der Waals surface area contributed by atoms with Crippen molar-refractivity contribution < 1.29 is 4.79 Å². The highest BCUT2D eigenvalue weighted by molar-refractivity contribution is 7.12. The minimum Gasteiger partial charge on any atom is -0.341 e. The van der Waals surface area contributed by atoms with E-state index in [-0.39, 0.29) is 11.9 Å². The van der Waals surface area contributed by atoms with Crippen LogP contribution in [0.15, 0.2) is 17.5 Å². The lowest BCUT2D eigenvalue weighted by Gasteiger charge is -2.13. The zero-order valence-electron chi connectivity index (χ0n) is 9.38. The molecule has 2 rings (SSSR count). The van der Waals surface area contributed by atoms with Crippen LogP contribution in [0.1, 0.15) is 41.3 Å². The Bertz CT molecular complexity index is 453. The molecular formula is C10H13N5OS. The Labute approximate surface area is 102 Å². The molecule has 0 saturated carbocycles. The Morgan fingerprint density at radius 2 is 2.53 bits per heavy atom. The molecule has 1 amide bonds. The van der Waals surface area contributed by atoms with Gasteiger partial charge in [0.1, 0.15) is 0 Å². The minimum atomic E-state index is -0.187. The quantitative estimate of drug-likeness (QED) is 0.844. The summed E-state index contributed by atoms with van der Waals surface area (Å²) in [7, 11) is 0. The van der Waals surface area contributed by atoms with E-state index < -0.39 is 0 Å². The molecule has 0 radical (unpaired) electrons. The van der Waals surface area contributed by atoms with E-state index in [0.717, 1.165) is 12.8 Å². The van der Waals surface area contributed by atoms with Gasteiger partial charge in [-0.15, -0.1) is 21.5 Å². The highest BCUT2D eigenvalue weighted by Gasteiger charge is 2.18. The molecule has 0 bridgehead atoms. The van der Waals surface area contributed by atoms with Gasteiger partial charge in [0.15, 0.2) is 5.82 Å². The Morgan fingerprint density at radius 1 is 1.65 bits per heavy atom. The first-order valence-electron chi connectivity index (χ1n) is 5.39. The van der Waals surface area contributed by atoms with Crippen molar-refractivity contribution in [3.8, 4) is 0 Å². The maximum Gasteiger partial charge on any atom is 0.261 e. The predicted molar refractivity (Wildman–Crippen MR) is 63.6 cm³/mol. The first-order chi connectivity index (χ1) is 8.31. The van der Waals surface area contributed by atoms with Crippen molar-refractivity contribution in [1.82, 2.24) is 25.9 Å². The molecule has 0 saturated heterocycles. The average molecular weight is 251 g/mol. The number of tetrazole rings is 1. The molecule has 90 valence electrons. The van der Waals surface area contributed by atoms with Crippen molar-refractivity contribution in [3.63, 3.8) is 0 Å². The van der Waals surface area contributed by atoms with E-state index in [2.05, 4.69) is 25.9 Å². The summed E-state index contributed by atoms with van der Waals surface area (Å²) in [6.45, 7) is 2.05. The summed E-state index contributed by atoms with van der Waals surface area (Å²) >= 11 is 1.41. The van der Waals surface area contributed by atoms with Crippen LogP contribution in [0, 0.1) is 0 Å². The molecule has 0 aromatic carbocycles. The number of carbonyl (C=O) groups is 1. The third kappa shape index (κ3) is 2.88. The highest BCUT2D eigenvalue weighted by Crippen LogP contribution is 2.15. The van der Waals surface area contributed by atoms with Gasteiger partial charge < -0.3 is 5.32 Å². The van der Waals surface area contributed by atoms with E-state index >= 15 is 0 Å². The molecule has 0 fully saturated rings. The van der Waals surface area contributed by atoms with E-state index in [9.17, 15) is 4.79 Å². The molecule has 0 aliphatic rings. The maximum atomic E-state index is 11.9. The molecule has 6 nitrogen and oxygen atoms in total. The van der Waals surface area contributed by atoms with Gasteiger partial charge in [-0.2, -0.15) is 5.21 Å². The number of hydrogen-bond acceptors (Lipinski definition) is 5. The van der Waals surface area contributed by atoms with Crippen molar-refractivity contribution in [2.75, 3.05) is 0 Å². The Hall–Kier alpha value is -1.76. The molecule has 0 aliphatic heterocycles. The van der Waals surface area contributed by atoms with Gasteiger partial charge in [0.25, 0.3) is 5.91 Å². The topological polar surface area (TPSA) is 83.6 Å². The Kier molecular flexibility index (Phi) is 3.81. The summed E-state index contributed by atoms with van der Waals surface area (Å²) in [4.78, 5) is 12.6. The van der Waals surface area contributed by atoms with E-state index in [0.29, 0.717) is 10.7 Å². The van der Waals surface area contributed by atoms with Crippen molar-refractivity contribution in [1.29, 1.82) is 0 Å². The number of aromatic nitrogens is 4. The van der Waals surface area contributed by atoms with Crippen LogP contribution in [0.2, 0.25) is 0 Å². The number of carbonyl (C=O) groups excluding carboxylic acids is 1. The number of H-pyrrole nitrogens is 1. The van der Waals surface area contributed by atoms with Crippen LogP contribution in [0.4, 0.5) is 0 Å². The zero-order chi connectivity index (χ0) is 12.1. The van der Waals surface area contributed by atoms with Gasteiger partial charge in [-0.25, -0.2) is 0 Å². The molecule has 7 heteroatoms. The van der Waals surface area contributed by atoms with Gasteiger partial charge in [0.05, 0.1) is 10.9 Å². The molecule has 2 aromatic rings. The number of nitrogens with one attached hydrogen (secondary N) is 2. The molecule has 2 heterocycles. The standard InChI is InChI=1S/C10H13N5OS/c1-2-4-7(9-12-14-15-13-9)11-10(16)8-5-3-6-17-8/h3,5-7H,2,4H2,1H3,(H,11,16)(H,12,13,14,15)/t7-/m0/s1. The third-order valence-electron chi connectivity index (χ3n) is 2.30. The van der Waals surface area contributed by atoms with E-state index in [1.807, 2.05) is 18.4 Å². The van der Waals surface area contributed by atoms with Gasteiger partial charge in [0, 0.05) is 0 Å². The van der Waals surface area contributed by atoms with Crippen molar-refractivity contribution >= 4 is 17.2 Å². The van der Waals surface area contributed by atoms with Crippen molar-refractivity contribution in [2.24, 2.45) is 0 Å². The second kappa shape index (κ2) is 5.53. The smallest absolute Gasteiger partial charge is 0.261 e. The van der Waals surface area contributed by atoms with Crippen LogP contribution in [-0.2, 0) is 0 Å². The number of nitrogens with zero attached hydrogens (tertiary/aromatic N) is 3. The Balaban J connectivity index is 2.06. The third-order valence-corrected chi connectivity index (χ3v) is 3.17. The summed E-state index contributed by atoms with van der Waals surface area (Å²) < 4.78 is 0. The van der Waals surface area contributed by atoms with Crippen LogP contribution >= 0.6 is 11.3 Å². The van der Waals surface area contributed by atoms with Gasteiger partial charge in [-0.05, 0) is 17.9 Å². The van der Waals surface area contributed by atoms with Crippen molar-refractivity contribution in [3.05, 3.63) is 28.2 Å². The van der Waals surface area contributed by atoms with Crippen LogP contribution in [0.5, 0.6) is 0 Å². The lowest BCUT2D eigenvalue weighted by atomic mass is 10.1. The lowest BCUT2D eigenvalue weighted by Crippen LogP contribution is -2.28. The van der Waals surface area contributed by atoms with Gasteiger partial charge in [-0.3, -0.25) is 4.79 Å². The number of thiophene rings is 1. The largest absolute Gasteiger partial charge is 0.341 e. The molecule has 2 aromatic heterocycles. The van der Waals surface area contributed by atoms with Crippen LogP contribution in [0.25, 0.3) is 0 Å². The first-order valence-corrected chi connectivity index (χ1v) is 6.27. The first kappa shape index (κ1) is 11.7. The SMILES string of the molecule is CCC[C@H](NC(=O)c1cccs1)c1nn[nH]n1. The van der Waals surface area contributed by atoms with Crippen LogP contribution in [-0.4, -0.2) is 26.5 Å². The molecule has 2 N–H and O–H groups in total. The number of amides is 1. The van der Waals surface area contributed by atoms with E-state index in [4.69, 9.17) is 0 Å². The monoisotopic (exact) mass is 251 g/mol.